The van der Waals surface area contributed by atoms with Crippen molar-refractivity contribution in [3.63, 3.8) is 0 Å². The van der Waals surface area contributed by atoms with Crippen LogP contribution in [0.4, 0.5) is 0 Å². The van der Waals surface area contributed by atoms with Gasteiger partial charge in [-0.2, -0.15) is 0 Å². The lowest BCUT2D eigenvalue weighted by atomic mass is 10.1. The van der Waals surface area contributed by atoms with E-state index in [-0.39, 0.29) is 11.9 Å². The lowest BCUT2D eigenvalue weighted by Crippen LogP contribution is -2.57. The highest BCUT2D eigenvalue weighted by Crippen LogP contribution is 2.23. The second-order valence-corrected chi connectivity index (χ2v) is 6.06. The summed E-state index contributed by atoms with van der Waals surface area (Å²) in [4.78, 5) is 18.5. The van der Waals surface area contributed by atoms with Crippen molar-refractivity contribution in [2.24, 2.45) is 0 Å². The molecule has 1 amide bonds. The number of aromatic nitrogens is 1. The van der Waals surface area contributed by atoms with Gasteiger partial charge in [0, 0.05) is 30.7 Å². The molecule has 0 saturated carbocycles. The Balaban J connectivity index is 1.86. The molecule has 1 N–H and O–H groups in total. The number of fused-ring (bicyclic) bond motifs is 1. The number of pyridine rings is 1. The van der Waals surface area contributed by atoms with Gasteiger partial charge in [0.2, 0.25) is 5.91 Å². The highest BCUT2D eigenvalue weighted by Gasteiger charge is 2.28. The molecule has 0 radical (unpaired) electrons. The van der Waals surface area contributed by atoms with Crippen LogP contribution >= 0.6 is 11.6 Å². The van der Waals surface area contributed by atoms with E-state index in [4.69, 9.17) is 11.6 Å². The van der Waals surface area contributed by atoms with Crippen LogP contribution in [0.15, 0.2) is 30.5 Å². The SMILES string of the molecule is C[C@@H]1N[C@@H](C)CN(Cc2ccc3c(Cl)ccnc3c2)C1=O. The number of carbonyl (C=O) groups is 1. The third-order valence-corrected chi connectivity index (χ3v) is 4.17. The summed E-state index contributed by atoms with van der Waals surface area (Å²) in [6.07, 6.45) is 1.70. The summed E-state index contributed by atoms with van der Waals surface area (Å²) in [5.41, 5.74) is 1.94. The molecule has 4 nitrogen and oxygen atoms in total. The van der Waals surface area contributed by atoms with Gasteiger partial charge in [-0.1, -0.05) is 23.7 Å². The van der Waals surface area contributed by atoms with Crippen LogP contribution in [0.25, 0.3) is 10.9 Å². The first-order valence-electron chi connectivity index (χ1n) is 7.12. The molecule has 1 aromatic heterocycles. The number of benzene rings is 1. The molecular weight excluding hydrogens is 286 g/mol. The van der Waals surface area contributed by atoms with Crippen molar-refractivity contribution in [1.82, 2.24) is 15.2 Å². The van der Waals surface area contributed by atoms with Crippen LogP contribution in [-0.4, -0.2) is 34.4 Å². The van der Waals surface area contributed by atoms with Crippen molar-refractivity contribution in [2.45, 2.75) is 32.5 Å². The summed E-state index contributed by atoms with van der Waals surface area (Å²) in [7, 11) is 0. The number of carbonyl (C=O) groups excluding carboxylic acids is 1. The molecule has 0 bridgehead atoms. The van der Waals surface area contributed by atoms with Crippen LogP contribution in [-0.2, 0) is 11.3 Å². The van der Waals surface area contributed by atoms with E-state index in [1.54, 1.807) is 12.3 Å². The zero-order valence-electron chi connectivity index (χ0n) is 12.1. The summed E-state index contributed by atoms with van der Waals surface area (Å²) in [6, 6.07) is 7.96. The third kappa shape index (κ3) is 2.87. The second kappa shape index (κ2) is 5.62. The van der Waals surface area contributed by atoms with Gasteiger partial charge in [-0.15, -0.1) is 0 Å². The van der Waals surface area contributed by atoms with Crippen LogP contribution < -0.4 is 5.32 Å². The summed E-state index contributed by atoms with van der Waals surface area (Å²) >= 11 is 6.15. The fourth-order valence-corrected chi connectivity index (χ4v) is 3.08. The summed E-state index contributed by atoms with van der Waals surface area (Å²) in [5, 5.41) is 4.90. The van der Waals surface area contributed by atoms with Crippen molar-refractivity contribution in [1.29, 1.82) is 0 Å². The van der Waals surface area contributed by atoms with E-state index in [2.05, 4.69) is 17.2 Å². The predicted octanol–water partition coefficient (Wildman–Crippen LogP) is 2.60. The maximum atomic E-state index is 12.2. The van der Waals surface area contributed by atoms with Crippen LogP contribution in [0.2, 0.25) is 5.02 Å². The number of piperazine rings is 1. The zero-order valence-corrected chi connectivity index (χ0v) is 12.9. The van der Waals surface area contributed by atoms with E-state index < -0.39 is 0 Å². The molecule has 1 aliphatic heterocycles. The molecule has 2 atom stereocenters. The number of nitrogens with one attached hydrogen (secondary N) is 1. The largest absolute Gasteiger partial charge is 0.335 e. The number of hydrogen-bond donors (Lipinski definition) is 1. The molecule has 1 fully saturated rings. The smallest absolute Gasteiger partial charge is 0.239 e. The number of amides is 1. The molecule has 0 unspecified atom stereocenters. The fraction of sp³-hybridized carbons (Fsp3) is 0.375. The van der Waals surface area contributed by atoms with E-state index in [1.165, 1.54) is 0 Å². The molecule has 1 aromatic carbocycles. The normalized spacial score (nSPS) is 22.8. The standard InChI is InChI=1S/C16H18ClN3O/c1-10-8-20(16(21)11(2)19-10)9-12-3-4-13-14(17)5-6-18-15(13)7-12/h3-7,10-11,19H,8-9H2,1-2H3/t10-,11-/m0/s1. The zero-order chi connectivity index (χ0) is 15.0. The molecule has 3 rings (SSSR count). The predicted molar refractivity (Wildman–Crippen MR) is 84.2 cm³/mol. The van der Waals surface area contributed by atoms with Crippen molar-refractivity contribution in [3.8, 4) is 0 Å². The lowest BCUT2D eigenvalue weighted by molar-refractivity contribution is -0.136. The van der Waals surface area contributed by atoms with Gasteiger partial charge in [0.15, 0.2) is 0 Å². The van der Waals surface area contributed by atoms with Gasteiger partial charge in [0.05, 0.1) is 16.6 Å². The van der Waals surface area contributed by atoms with Gasteiger partial charge in [-0.3, -0.25) is 9.78 Å². The highest BCUT2D eigenvalue weighted by atomic mass is 35.5. The van der Waals surface area contributed by atoms with Gasteiger partial charge in [-0.25, -0.2) is 0 Å². The summed E-state index contributed by atoms with van der Waals surface area (Å²) in [5.74, 6) is 0.146. The van der Waals surface area contributed by atoms with Crippen molar-refractivity contribution >= 4 is 28.4 Å². The molecule has 21 heavy (non-hydrogen) atoms. The fourth-order valence-electron chi connectivity index (χ4n) is 2.87. The molecular formula is C16H18ClN3O. The van der Waals surface area contributed by atoms with Gasteiger partial charge in [0.25, 0.3) is 0 Å². The first-order valence-corrected chi connectivity index (χ1v) is 7.50. The lowest BCUT2D eigenvalue weighted by Gasteiger charge is -2.35. The van der Waals surface area contributed by atoms with Gasteiger partial charge < -0.3 is 10.2 Å². The number of rotatable bonds is 2. The first kappa shape index (κ1) is 14.3. The monoisotopic (exact) mass is 303 g/mol. The number of hydrogen-bond acceptors (Lipinski definition) is 3. The van der Waals surface area contributed by atoms with Crippen LogP contribution in [0.1, 0.15) is 19.4 Å². The van der Waals surface area contributed by atoms with Gasteiger partial charge in [-0.05, 0) is 31.5 Å². The van der Waals surface area contributed by atoms with Crippen LogP contribution in [0.3, 0.4) is 0 Å². The molecule has 1 aliphatic rings. The van der Waals surface area contributed by atoms with Crippen molar-refractivity contribution < 1.29 is 4.79 Å². The molecule has 0 spiro atoms. The Morgan fingerprint density at radius 3 is 3.00 bits per heavy atom. The Bertz CT molecular complexity index is 688. The Morgan fingerprint density at radius 1 is 1.38 bits per heavy atom. The second-order valence-electron chi connectivity index (χ2n) is 5.65. The van der Waals surface area contributed by atoms with E-state index in [0.717, 1.165) is 23.0 Å². The molecule has 1 saturated heterocycles. The molecule has 5 heteroatoms. The van der Waals surface area contributed by atoms with Crippen LogP contribution in [0, 0.1) is 0 Å². The molecule has 2 aromatic rings. The minimum absolute atomic E-state index is 0.123. The van der Waals surface area contributed by atoms with E-state index in [1.807, 2.05) is 30.0 Å². The minimum atomic E-state index is -0.123. The minimum Gasteiger partial charge on any atom is -0.335 e. The van der Waals surface area contributed by atoms with Crippen molar-refractivity contribution in [3.05, 3.63) is 41.0 Å². The van der Waals surface area contributed by atoms with E-state index in [0.29, 0.717) is 17.6 Å². The Kier molecular flexibility index (Phi) is 3.83. The Hall–Kier alpha value is -1.65. The van der Waals surface area contributed by atoms with Gasteiger partial charge >= 0.3 is 0 Å². The number of nitrogens with zero attached hydrogens (tertiary/aromatic N) is 2. The van der Waals surface area contributed by atoms with E-state index in [9.17, 15) is 4.79 Å². The molecule has 2 heterocycles. The molecule has 110 valence electrons. The summed E-state index contributed by atoms with van der Waals surface area (Å²) < 4.78 is 0. The first-order chi connectivity index (χ1) is 10.0. The quantitative estimate of drug-likeness (QED) is 0.927. The average Bonchev–Trinajstić information content (AvgIpc) is 2.44. The third-order valence-electron chi connectivity index (χ3n) is 3.84. The topological polar surface area (TPSA) is 45.2 Å². The van der Waals surface area contributed by atoms with Crippen LogP contribution in [0.5, 0.6) is 0 Å². The van der Waals surface area contributed by atoms with E-state index >= 15 is 0 Å². The molecule has 0 aliphatic carbocycles. The Labute approximate surface area is 129 Å². The van der Waals surface area contributed by atoms with Gasteiger partial charge in [0.1, 0.15) is 0 Å². The summed E-state index contributed by atoms with van der Waals surface area (Å²) in [6.45, 7) is 5.34. The maximum Gasteiger partial charge on any atom is 0.239 e. The highest BCUT2D eigenvalue weighted by molar-refractivity contribution is 6.35. The average molecular weight is 304 g/mol. The number of halogens is 1. The van der Waals surface area contributed by atoms with Crippen molar-refractivity contribution in [2.75, 3.05) is 6.54 Å². The Morgan fingerprint density at radius 2 is 2.19 bits per heavy atom. The maximum absolute atomic E-state index is 12.2.